The largest absolute Gasteiger partial charge is 0.383 e. The fourth-order valence-electron chi connectivity index (χ4n) is 1.40. The minimum Gasteiger partial charge on any atom is -0.383 e. The van der Waals surface area contributed by atoms with Gasteiger partial charge in [-0.2, -0.15) is 10.5 Å². The van der Waals surface area contributed by atoms with E-state index < -0.39 is 0 Å². The summed E-state index contributed by atoms with van der Waals surface area (Å²) in [7, 11) is 0. The molecule has 1 aromatic rings. The van der Waals surface area contributed by atoms with E-state index >= 15 is 0 Å². The van der Waals surface area contributed by atoms with Gasteiger partial charge in [-0.15, -0.1) is 0 Å². The summed E-state index contributed by atoms with van der Waals surface area (Å²) < 4.78 is 0. The Bertz CT molecular complexity index is 587. The van der Waals surface area contributed by atoms with Crippen LogP contribution in [0.25, 0.3) is 0 Å². The Morgan fingerprint density at radius 2 is 1.67 bits per heavy atom. The van der Waals surface area contributed by atoms with Crippen molar-refractivity contribution in [2.75, 3.05) is 0 Å². The lowest BCUT2D eigenvalue weighted by Crippen LogP contribution is -2.10. The predicted octanol–water partition coefficient (Wildman–Crippen LogP) is 0.824. The molecule has 0 unspecified atom stereocenters. The second-order valence-corrected chi connectivity index (χ2v) is 3.36. The van der Waals surface area contributed by atoms with Gasteiger partial charge in [-0.3, -0.25) is 0 Å². The molecule has 0 atom stereocenters. The zero-order valence-corrected chi connectivity index (χ0v) is 8.30. The maximum atomic E-state index is 8.82. The number of rotatable bonds is 0. The van der Waals surface area contributed by atoms with Gasteiger partial charge in [0.05, 0.1) is 11.1 Å². The van der Waals surface area contributed by atoms with Crippen LogP contribution in [-0.4, -0.2) is 10.8 Å². The Labute approximate surface area is 91.3 Å². The lowest BCUT2D eigenvalue weighted by molar-refractivity contribution is 1.42. The van der Waals surface area contributed by atoms with Crippen LogP contribution >= 0.6 is 12.2 Å². The summed E-state index contributed by atoms with van der Waals surface area (Å²) in [4.78, 5) is 4.28. The second kappa shape index (κ2) is 3.16. The standard InChI is InChI=1S/C10H4N4S/c11-3-5-1-7-8(2-6(5)4-12)10(15)14-9(7)13/h1-2H,(H2,13,14,15). The maximum Gasteiger partial charge on any atom is 0.136 e. The highest BCUT2D eigenvalue weighted by molar-refractivity contribution is 7.80. The third-order valence-electron chi connectivity index (χ3n) is 2.13. The molecule has 70 valence electrons. The van der Waals surface area contributed by atoms with E-state index in [1.54, 1.807) is 12.1 Å². The molecule has 0 bridgehead atoms. The molecule has 0 saturated heterocycles. The zero-order valence-electron chi connectivity index (χ0n) is 7.48. The van der Waals surface area contributed by atoms with Crippen molar-refractivity contribution in [2.45, 2.75) is 0 Å². The number of amidine groups is 1. The number of hydrogen-bond donors (Lipinski definition) is 1. The van der Waals surface area contributed by atoms with Gasteiger partial charge in [0.1, 0.15) is 23.0 Å². The molecule has 0 aliphatic carbocycles. The normalized spacial score (nSPS) is 12.7. The monoisotopic (exact) mass is 212 g/mol. The fourth-order valence-corrected chi connectivity index (χ4v) is 1.67. The Balaban J connectivity index is 2.77. The molecule has 1 aliphatic rings. The smallest absolute Gasteiger partial charge is 0.136 e. The van der Waals surface area contributed by atoms with E-state index in [1.165, 1.54) is 0 Å². The molecule has 0 amide bonds. The summed E-state index contributed by atoms with van der Waals surface area (Å²) in [6.45, 7) is 0. The first-order valence-electron chi connectivity index (χ1n) is 4.04. The third kappa shape index (κ3) is 1.26. The van der Waals surface area contributed by atoms with Gasteiger partial charge < -0.3 is 5.73 Å². The van der Waals surface area contributed by atoms with E-state index in [0.717, 1.165) is 0 Å². The average Bonchev–Trinajstić information content (AvgIpc) is 2.52. The van der Waals surface area contributed by atoms with Gasteiger partial charge in [0.15, 0.2) is 0 Å². The van der Waals surface area contributed by atoms with Gasteiger partial charge in [0, 0.05) is 11.1 Å². The highest BCUT2D eigenvalue weighted by Gasteiger charge is 2.20. The molecule has 0 fully saturated rings. The summed E-state index contributed by atoms with van der Waals surface area (Å²) in [5, 5.41) is 17.6. The lowest BCUT2D eigenvalue weighted by atomic mass is 10.0. The highest BCUT2D eigenvalue weighted by Crippen LogP contribution is 2.22. The molecule has 5 heteroatoms. The van der Waals surface area contributed by atoms with Crippen molar-refractivity contribution >= 4 is 23.0 Å². The number of benzene rings is 1. The summed E-state index contributed by atoms with van der Waals surface area (Å²) in [5.41, 5.74) is 7.49. The molecule has 1 aliphatic heterocycles. The fraction of sp³-hybridized carbons (Fsp3) is 0. The van der Waals surface area contributed by atoms with Crippen LogP contribution in [0.1, 0.15) is 22.3 Å². The minimum absolute atomic E-state index is 0.291. The summed E-state index contributed by atoms with van der Waals surface area (Å²) >= 11 is 4.98. The van der Waals surface area contributed by atoms with Crippen LogP contribution < -0.4 is 5.73 Å². The Morgan fingerprint density at radius 3 is 2.20 bits per heavy atom. The number of aliphatic imine (C=N–C) groups is 1. The van der Waals surface area contributed by atoms with Crippen molar-refractivity contribution in [1.82, 2.24) is 0 Å². The summed E-state index contributed by atoms with van der Waals surface area (Å²) in [6, 6.07) is 6.98. The van der Waals surface area contributed by atoms with E-state index in [9.17, 15) is 0 Å². The van der Waals surface area contributed by atoms with Crippen LogP contribution in [0.2, 0.25) is 0 Å². The molecule has 0 radical (unpaired) electrons. The van der Waals surface area contributed by atoms with Gasteiger partial charge in [-0.25, -0.2) is 4.99 Å². The van der Waals surface area contributed by atoms with Crippen molar-refractivity contribution in [1.29, 1.82) is 10.5 Å². The first kappa shape index (κ1) is 9.32. The number of hydrogen-bond acceptors (Lipinski definition) is 4. The molecule has 1 aromatic carbocycles. The number of thiocarbonyl (C=S) groups is 1. The average molecular weight is 212 g/mol. The number of nitriles is 2. The van der Waals surface area contributed by atoms with Gasteiger partial charge in [-0.1, -0.05) is 12.2 Å². The molecular weight excluding hydrogens is 208 g/mol. The zero-order chi connectivity index (χ0) is 11.0. The van der Waals surface area contributed by atoms with Crippen molar-refractivity contribution in [3.63, 3.8) is 0 Å². The van der Waals surface area contributed by atoms with Crippen LogP contribution in [0.15, 0.2) is 17.1 Å². The molecule has 0 aromatic heterocycles. The van der Waals surface area contributed by atoms with E-state index in [0.29, 0.717) is 33.1 Å². The quantitative estimate of drug-likeness (QED) is 0.645. The highest BCUT2D eigenvalue weighted by atomic mass is 32.1. The molecule has 2 N–H and O–H groups in total. The Kier molecular flexibility index (Phi) is 1.96. The van der Waals surface area contributed by atoms with E-state index in [1.807, 2.05) is 12.1 Å². The second-order valence-electron chi connectivity index (χ2n) is 2.97. The first-order valence-corrected chi connectivity index (χ1v) is 4.45. The molecule has 1 heterocycles. The number of nitrogens with zero attached hydrogens (tertiary/aromatic N) is 3. The van der Waals surface area contributed by atoms with Crippen molar-refractivity contribution in [3.8, 4) is 12.1 Å². The lowest BCUT2D eigenvalue weighted by Gasteiger charge is -2.01. The maximum absolute atomic E-state index is 8.82. The van der Waals surface area contributed by atoms with Crippen molar-refractivity contribution < 1.29 is 0 Å². The molecule has 0 saturated carbocycles. The van der Waals surface area contributed by atoms with Crippen LogP contribution in [0.5, 0.6) is 0 Å². The molecular formula is C10H4N4S. The van der Waals surface area contributed by atoms with E-state index in [4.69, 9.17) is 28.5 Å². The number of fused-ring (bicyclic) bond motifs is 1. The predicted molar refractivity (Wildman–Crippen MR) is 58.3 cm³/mol. The summed E-state index contributed by atoms with van der Waals surface area (Å²) in [6.07, 6.45) is 0. The number of nitrogens with two attached hydrogens (primary N) is 1. The molecule has 2 rings (SSSR count). The van der Waals surface area contributed by atoms with Gasteiger partial charge in [0.25, 0.3) is 0 Å². The van der Waals surface area contributed by atoms with Gasteiger partial charge in [0.2, 0.25) is 0 Å². The van der Waals surface area contributed by atoms with E-state index in [2.05, 4.69) is 4.99 Å². The van der Waals surface area contributed by atoms with Crippen LogP contribution in [0.4, 0.5) is 0 Å². The molecule has 4 nitrogen and oxygen atoms in total. The van der Waals surface area contributed by atoms with Gasteiger partial charge >= 0.3 is 0 Å². The van der Waals surface area contributed by atoms with E-state index in [-0.39, 0.29) is 0 Å². The topological polar surface area (TPSA) is 86.0 Å². The van der Waals surface area contributed by atoms with Crippen LogP contribution in [0.3, 0.4) is 0 Å². The first-order chi connectivity index (χ1) is 7.17. The molecule has 15 heavy (non-hydrogen) atoms. The Morgan fingerprint density at radius 1 is 1.13 bits per heavy atom. The van der Waals surface area contributed by atoms with Gasteiger partial charge in [-0.05, 0) is 12.1 Å². The SMILES string of the molecule is N#Cc1cc2c(cc1C#N)C(N)=NC2=S. The van der Waals surface area contributed by atoms with Crippen molar-refractivity contribution in [2.24, 2.45) is 10.7 Å². The third-order valence-corrected chi connectivity index (χ3v) is 2.44. The Hall–Kier alpha value is -2.24. The van der Waals surface area contributed by atoms with Crippen molar-refractivity contribution in [3.05, 3.63) is 34.4 Å². The molecule has 0 spiro atoms. The van der Waals surface area contributed by atoms with Crippen LogP contribution in [-0.2, 0) is 0 Å². The minimum atomic E-state index is 0.291. The van der Waals surface area contributed by atoms with Crippen LogP contribution in [0, 0.1) is 22.7 Å². The summed E-state index contributed by atoms with van der Waals surface area (Å²) in [5.74, 6) is 0.302.